The molecule has 2 N–H and O–H groups in total. The van der Waals surface area contributed by atoms with E-state index in [4.69, 9.17) is 4.74 Å². The molecule has 4 rings (SSSR count). The van der Waals surface area contributed by atoms with Gasteiger partial charge in [0.15, 0.2) is 5.78 Å². The fraction of sp³-hybridized carbons (Fsp3) is 0.722. The number of allylic oxidation sites excluding steroid dienone is 4. The molecule has 0 radical (unpaired) electrons. The zero-order chi connectivity index (χ0) is 31.9. The van der Waals surface area contributed by atoms with Crippen LogP contribution in [-0.4, -0.2) is 40.4 Å². The average Bonchev–Trinajstić information content (AvgIpc) is 3.35. The van der Waals surface area contributed by atoms with E-state index in [0.717, 1.165) is 25.7 Å². The smallest absolute Gasteiger partial charge is 0.408 e. The third kappa shape index (κ3) is 7.51. The molecule has 238 valence electrons. The van der Waals surface area contributed by atoms with Crippen molar-refractivity contribution in [2.24, 2.45) is 58.7 Å². The largest absolute Gasteiger partial charge is 0.478 e. The normalized spacial score (nSPS) is 32.1. The zero-order valence-electron chi connectivity index (χ0n) is 27.2. The molecule has 1 amide bonds. The van der Waals surface area contributed by atoms with Crippen molar-refractivity contribution in [3.63, 3.8) is 0 Å². The number of carboxylic acids is 1. The molecule has 0 aromatic rings. The van der Waals surface area contributed by atoms with Crippen LogP contribution in [0.1, 0.15) is 93.4 Å². The standard InChI is InChI=1S/C36H53NO6/c1-20(2)14-24(21(3)33(40)41)18-28(38)29-27(17-26-19-36(7,8)30(26)29)32(39)31(37-34(42)43-35(4,5)6)25-15-22-12-10-9-11-13-23(22)16-25/h10-13,20,22-27,29-31H,3,9,14-19H2,1-2,4-8H3,(H,37,42)(H,40,41)/t22?,23?,24?,25?,26?,27?,29?,30?,31-/m0/s1. The Morgan fingerprint density at radius 2 is 1.65 bits per heavy atom. The predicted octanol–water partition coefficient (Wildman–Crippen LogP) is 7.17. The maximum absolute atomic E-state index is 14.7. The lowest BCUT2D eigenvalue weighted by molar-refractivity contribution is -0.138. The van der Waals surface area contributed by atoms with E-state index in [-0.39, 0.29) is 52.6 Å². The van der Waals surface area contributed by atoms with Crippen LogP contribution in [0.3, 0.4) is 0 Å². The Balaban J connectivity index is 1.64. The van der Waals surface area contributed by atoms with Crippen molar-refractivity contribution in [2.45, 2.75) is 105 Å². The van der Waals surface area contributed by atoms with Crippen LogP contribution in [0.5, 0.6) is 0 Å². The Bertz CT molecular complexity index is 1150. The monoisotopic (exact) mass is 595 g/mol. The van der Waals surface area contributed by atoms with Gasteiger partial charge in [0.1, 0.15) is 11.4 Å². The van der Waals surface area contributed by atoms with Gasteiger partial charge in [-0.3, -0.25) is 9.59 Å². The summed E-state index contributed by atoms with van der Waals surface area (Å²) in [5, 5.41) is 12.7. The quantitative estimate of drug-likeness (QED) is 0.194. The highest BCUT2D eigenvalue weighted by atomic mass is 16.6. The summed E-state index contributed by atoms with van der Waals surface area (Å²) in [5.74, 6) is -1.57. The Morgan fingerprint density at radius 3 is 2.16 bits per heavy atom. The van der Waals surface area contributed by atoms with Gasteiger partial charge in [0.2, 0.25) is 0 Å². The number of hydrogen-bond donors (Lipinski definition) is 2. The van der Waals surface area contributed by atoms with E-state index < -0.39 is 41.5 Å². The molecule has 7 nitrogen and oxygen atoms in total. The van der Waals surface area contributed by atoms with Crippen LogP contribution in [0, 0.1) is 58.7 Å². The molecule has 7 heteroatoms. The van der Waals surface area contributed by atoms with Crippen LogP contribution < -0.4 is 5.32 Å². The van der Waals surface area contributed by atoms with E-state index in [1.807, 2.05) is 13.8 Å². The molecule has 4 aliphatic carbocycles. The van der Waals surface area contributed by atoms with Gasteiger partial charge in [0.05, 0.1) is 6.04 Å². The summed E-state index contributed by atoms with van der Waals surface area (Å²) in [6, 6.07) is -0.745. The Morgan fingerprint density at radius 1 is 1.05 bits per heavy atom. The number of Topliss-reactive ketones (excluding diaryl/α,β-unsaturated/α-hetero) is 2. The second kappa shape index (κ2) is 12.7. The predicted molar refractivity (Wildman–Crippen MR) is 167 cm³/mol. The van der Waals surface area contributed by atoms with Crippen molar-refractivity contribution in [3.05, 3.63) is 36.5 Å². The van der Waals surface area contributed by atoms with Gasteiger partial charge in [-0.25, -0.2) is 9.59 Å². The SMILES string of the molecule is C=C(C(=O)O)C(CC(=O)C1C(C(=O)[C@@H](NC(=O)OC(C)(C)C)C2CC3C=CCC=CC3C2)CC2CC(C)(C)C21)CC(C)C. The number of hydrogen-bond acceptors (Lipinski definition) is 5. The van der Waals surface area contributed by atoms with Gasteiger partial charge in [-0.2, -0.15) is 0 Å². The lowest BCUT2D eigenvalue weighted by Gasteiger charge is -2.50. The number of ether oxygens (including phenoxy) is 1. The number of fused-ring (bicyclic) bond motifs is 2. The number of carboxylic acid groups (broad SMARTS) is 1. The van der Waals surface area contributed by atoms with Gasteiger partial charge in [-0.15, -0.1) is 0 Å². The second-order valence-corrected chi connectivity index (χ2v) is 15.9. The minimum Gasteiger partial charge on any atom is -0.478 e. The molecule has 43 heavy (non-hydrogen) atoms. The first-order valence-corrected chi connectivity index (χ1v) is 16.3. The Labute approximate surface area is 258 Å². The molecule has 8 atom stereocenters. The maximum atomic E-state index is 14.7. The van der Waals surface area contributed by atoms with E-state index >= 15 is 0 Å². The zero-order valence-corrected chi connectivity index (χ0v) is 27.2. The number of carbonyl (C=O) groups is 4. The first-order chi connectivity index (χ1) is 20.0. The molecule has 7 unspecified atom stereocenters. The molecular weight excluding hydrogens is 542 g/mol. The molecular formula is C36H53NO6. The number of nitrogens with one attached hydrogen (secondary N) is 1. The van der Waals surface area contributed by atoms with Crippen molar-refractivity contribution in [3.8, 4) is 0 Å². The molecule has 0 aromatic carbocycles. The minimum absolute atomic E-state index is 0.0369. The summed E-state index contributed by atoms with van der Waals surface area (Å²) < 4.78 is 5.62. The third-order valence-corrected chi connectivity index (χ3v) is 10.5. The van der Waals surface area contributed by atoms with Crippen LogP contribution in [0.15, 0.2) is 36.5 Å². The van der Waals surface area contributed by atoms with Crippen molar-refractivity contribution >= 4 is 23.6 Å². The lowest BCUT2D eigenvalue weighted by Crippen LogP contribution is -2.51. The van der Waals surface area contributed by atoms with Crippen LogP contribution in [0.2, 0.25) is 0 Å². The summed E-state index contributed by atoms with van der Waals surface area (Å²) in [5.41, 5.74) is -0.735. The molecule has 4 aliphatic rings. The molecule has 0 heterocycles. The molecule has 0 aromatic heterocycles. The van der Waals surface area contributed by atoms with Crippen molar-refractivity contribution in [1.82, 2.24) is 5.32 Å². The van der Waals surface area contributed by atoms with Gasteiger partial charge in [-0.05, 0) is 106 Å². The molecule has 3 saturated carbocycles. The van der Waals surface area contributed by atoms with Crippen molar-refractivity contribution in [1.29, 1.82) is 0 Å². The third-order valence-electron chi connectivity index (χ3n) is 10.5. The van der Waals surface area contributed by atoms with Crippen molar-refractivity contribution < 1.29 is 29.0 Å². The van der Waals surface area contributed by atoms with Crippen LogP contribution >= 0.6 is 0 Å². The fourth-order valence-corrected chi connectivity index (χ4v) is 8.87. The first kappa shape index (κ1) is 33.2. The number of ketones is 2. The van der Waals surface area contributed by atoms with E-state index in [1.165, 1.54) is 0 Å². The van der Waals surface area contributed by atoms with Gasteiger partial charge in [0, 0.05) is 23.8 Å². The van der Waals surface area contributed by atoms with E-state index in [9.17, 15) is 24.3 Å². The molecule has 0 saturated heterocycles. The van der Waals surface area contributed by atoms with Crippen LogP contribution in [-0.2, 0) is 19.1 Å². The summed E-state index contributed by atoms with van der Waals surface area (Å²) in [7, 11) is 0. The summed E-state index contributed by atoms with van der Waals surface area (Å²) in [6.07, 6.45) is 12.9. The van der Waals surface area contributed by atoms with Crippen molar-refractivity contribution in [2.75, 3.05) is 0 Å². The molecule has 0 aliphatic heterocycles. The highest BCUT2D eigenvalue weighted by Gasteiger charge is 2.62. The molecule has 3 fully saturated rings. The summed E-state index contributed by atoms with van der Waals surface area (Å²) in [4.78, 5) is 53.9. The van der Waals surface area contributed by atoms with Crippen LogP contribution in [0.25, 0.3) is 0 Å². The van der Waals surface area contributed by atoms with E-state index in [0.29, 0.717) is 24.7 Å². The Kier molecular flexibility index (Phi) is 9.83. The summed E-state index contributed by atoms with van der Waals surface area (Å²) in [6.45, 7) is 17.6. The van der Waals surface area contributed by atoms with E-state index in [1.54, 1.807) is 20.8 Å². The van der Waals surface area contributed by atoms with Gasteiger partial charge in [-0.1, -0.05) is 58.6 Å². The highest BCUT2D eigenvalue weighted by molar-refractivity contribution is 5.96. The maximum Gasteiger partial charge on any atom is 0.408 e. The second-order valence-electron chi connectivity index (χ2n) is 15.9. The number of carbonyl (C=O) groups excluding carboxylic acids is 3. The topological polar surface area (TPSA) is 110 Å². The Hall–Kier alpha value is -2.70. The van der Waals surface area contributed by atoms with Gasteiger partial charge in [0.25, 0.3) is 0 Å². The average molecular weight is 596 g/mol. The van der Waals surface area contributed by atoms with Crippen LogP contribution in [0.4, 0.5) is 4.79 Å². The van der Waals surface area contributed by atoms with Gasteiger partial charge >= 0.3 is 12.1 Å². The minimum atomic E-state index is -1.08. The van der Waals surface area contributed by atoms with E-state index in [2.05, 4.69) is 50.0 Å². The number of rotatable bonds is 11. The van der Waals surface area contributed by atoms with Gasteiger partial charge < -0.3 is 15.2 Å². The molecule has 0 bridgehead atoms. The lowest BCUT2D eigenvalue weighted by atomic mass is 9.54. The fourth-order valence-electron chi connectivity index (χ4n) is 8.87. The first-order valence-electron chi connectivity index (χ1n) is 16.3. The number of amides is 1. The number of alkyl carbamates (subject to hydrolysis) is 1. The summed E-state index contributed by atoms with van der Waals surface area (Å²) >= 11 is 0. The number of aliphatic carboxylic acids is 1. The molecule has 0 spiro atoms. The highest BCUT2D eigenvalue weighted by Crippen LogP contribution is 2.64.